The Bertz CT molecular complexity index is 1420. The number of hydrogen-bond donors (Lipinski definition) is 4. The second-order valence-electron chi connectivity index (χ2n) is 17.1. The van der Waals surface area contributed by atoms with Crippen LogP contribution in [0.15, 0.2) is 18.5 Å². The predicted octanol–water partition coefficient (Wildman–Crippen LogP) is 5.82. The maximum atomic E-state index is 14.2. The molecule has 0 amide bonds. The van der Waals surface area contributed by atoms with Crippen molar-refractivity contribution in [2.24, 2.45) is 0 Å². The lowest BCUT2D eigenvalue weighted by Crippen LogP contribution is -2.84. The molecule has 0 aromatic carbocycles. The average Bonchev–Trinajstić information content (AvgIpc) is 3.34. The SMILES string of the molecule is CC(C)(C)[Si](C)(C)[C@@]1(O)[C@](CO)([Si](C)(C)C(C)(C)C)[C@](C#N)(c2ccc3c(N)ncnn23)O[C@@]1(O)[Si](C)(C)C(C)(C)C. The molecule has 1 aliphatic rings. The number of aliphatic hydroxyl groups is 3. The molecule has 12 heteroatoms. The molecule has 1 fully saturated rings. The molecule has 5 N–H and O–H groups in total. The Hall–Kier alpha value is -1.60. The van der Waals surface area contributed by atoms with Gasteiger partial charge in [0, 0.05) is 0 Å². The number of hydrogen-bond acceptors (Lipinski definition) is 8. The van der Waals surface area contributed by atoms with E-state index in [2.05, 4.69) is 105 Å². The average molecular weight is 634 g/mol. The van der Waals surface area contributed by atoms with Crippen molar-refractivity contribution in [3.8, 4) is 6.07 Å². The first-order chi connectivity index (χ1) is 18.6. The van der Waals surface area contributed by atoms with Crippen LogP contribution in [-0.4, -0.2) is 71.4 Å². The Balaban J connectivity index is 2.84. The van der Waals surface area contributed by atoms with Crippen LogP contribution >= 0.6 is 0 Å². The molecule has 42 heavy (non-hydrogen) atoms. The summed E-state index contributed by atoms with van der Waals surface area (Å²) in [7, 11) is -9.46. The van der Waals surface area contributed by atoms with Crippen LogP contribution in [-0.2, 0) is 10.3 Å². The van der Waals surface area contributed by atoms with Crippen LogP contribution in [0.5, 0.6) is 0 Å². The smallest absolute Gasteiger partial charge is 0.207 e. The van der Waals surface area contributed by atoms with E-state index < -0.39 is 67.2 Å². The fourth-order valence-electron chi connectivity index (χ4n) is 7.14. The zero-order valence-corrected chi connectivity index (χ0v) is 31.6. The molecule has 3 heterocycles. The normalized spacial score (nSPS) is 30.1. The predicted molar refractivity (Wildman–Crippen MR) is 177 cm³/mol. The van der Waals surface area contributed by atoms with E-state index in [0.717, 1.165) is 0 Å². The van der Waals surface area contributed by atoms with Crippen molar-refractivity contribution in [2.45, 2.75) is 138 Å². The van der Waals surface area contributed by atoms with Crippen LogP contribution in [0, 0.1) is 11.3 Å². The topological polar surface area (TPSA) is 150 Å². The Labute approximate surface area is 255 Å². The maximum Gasteiger partial charge on any atom is 0.207 e. The number of nitrogens with zero attached hydrogens (tertiary/aromatic N) is 4. The van der Waals surface area contributed by atoms with Crippen molar-refractivity contribution in [1.82, 2.24) is 14.6 Å². The van der Waals surface area contributed by atoms with Crippen LogP contribution in [0.2, 0.25) is 59.4 Å². The lowest BCUT2D eigenvalue weighted by Gasteiger charge is -2.67. The molecule has 1 saturated heterocycles. The maximum absolute atomic E-state index is 14.2. The minimum Gasteiger partial charge on any atom is -0.396 e. The summed E-state index contributed by atoms with van der Waals surface area (Å²) in [6, 6.07) is 5.98. The third kappa shape index (κ3) is 3.71. The van der Waals surface area contributed by atoms with Gasteiger partial charge in [0.25, 0.3) is 0 Å². The van der Waals surface area contributed by atoms with E-state index in [-0.39, 0.29) is 5.82 Å². The number of rotatable bonds is 5. The van der Waals surface area contributed by atoms with Gasteiger partial charge in [0.2, 0.25) is 5.60 Å². The number of anilines is 1. The summed E-state index contributed by atoms with van der Waals surface area (Å²) in [6.07, 6.45) is 1.32. The summed E-state index contributed by atoms with van der Waals surface area (Å²) in [5.41, 5.74) is 2.91. The highest BCUT2D eigenvalue weighted by Crippen LogP contribution is 2.78. The van der Waals surface area contributed by atoms with E-state index >= 15 is 0 Å². The number of fused-ring (bicyclic) bond motifs is 1. The highest BCUT2D eigenvalue weighted by molar-refractivity contribution is 6.93. The van der Waals surface area contributed by atoms with Gasteiger partial charge in [-0.25, -0.2) is 9.50 Å². The summed E-state index contributed by atoms with van der Waals surface area (Å²) < 4.78 is 8.68. The minimum absolute atomic E-state index is 0.226. The Kier molecular flexibility index (Phi) is 7.85. The van der Waals surface area contributed by atoms with E-state index in [1.807, 2.05) is 13.1 Å². The monoisotopic (exact) mass is 633 g/mol. The standard InChI is InChI=1S/C30H55N5O4Si3/c1-24(2,3)40(10,11)28(19-36)27(18-31,22-17-16-21-23(32)33-20-34-35(21)22)39-30(38,42(14,15)26(7,8)9)29(28,37)41(12,13)25(4,5)6/h16-17,20,36-38H,19H2,1-15H3,(H2,32,33,34)/t27-,28+,29-,30+/m0/s1. The van der Waals surface area contributed by atoms with Crippen molar-refractivity contribution in [1.29, 1.82) is 5.26 Å². The number of nitrogens with two attached hydrogens (primary N) is 1. The van der Waals surface area contributed by atoms with Gasteiger partial charge in [-0.1, -0.05) is 102 Å². The summed E-state index contributed by atoms with van der Waals surface area (Å²) in [6.45, 7) is 30.6. The Morgan fingerprint density at radius 3 is 1.76 bits per heavy atom. The van der Waals surface area contributed by atoms with Gasteiger partial charge in [-0.3, -0.25) is 0 Å². The zero-order chi connectivity index (χ0) is 33.0. The van der Waals surface area contributed by atoms with Gasteiger partial charge in [-0.15, -0.1) is 0 Å². The minimum atomic E-state index is -3.19. The third-order valence-electron chi connectivity index (χ3n) is 12.7. The van der Waals surface area contributed by atoms with Crippen LogP contribution in [0.25, 0.3) is 5.52 Å². The van der Waals surface area contributed by atoms with Crippen LogP contribution in [0.3, 0.4) is 0 Å². The molecule has 0 radical (unpaired) electrons. The lowest BCUT2D eigenvalue weighted by molar-refractivity contribution is -0.207. The molecule has 0 aliphatic carbocycles. The molecule has 9 nitrogen and oxygen atoms in total. The second kappa shape index (κ2) is 9.45. The van der Waals surface area contributed by atoms with Crippen molar-refractivity contribution in [3.05, 3.63) is 24.2 Å². The van der Waals surface area contributed by atoms with Crippen molar-refractivity contribution in [2.75, 3.05) is 12.3 Å². The van der Waals surface area contributed by atoms with Gasteiger partial charge >= 0.3 is 0 Å². The molecule has 4 atom stereocenters. The van der Waals surface area contributed by atoms with E-state index in [0.29, 0.717) is 11.2 Å². The number of nitrogen functional groups attached to an aromatic ring is 1. The fraction of sp³-hybridized carbons (Fsp3) is 0.767. The first kappa shape index (κ1) is 34.9. The third-order valence-corrected chi connectivity index (χ3v) is 32.2. The molecule has 0 unspecified atom stereocenters. The van der Waals surface area contributed by atoms with Gasteiger partial charge in [0.1, 0.15) is 31.2 Å². The van der Waals surface area contributed by atoms with Gasteiger partial charge in [0.15, 0.2) is 11.2 Å². The van der Waals surface area contributed by atoms with E-state index in [9.17, 15) is 20.6 Å². The van der Waals surface area contributed by atoms with Gasteiger partial charge in [0.05, 0.1) is 33.5 Å². The van der Waals surface area contributed by atoms with Crippen molar-refractivity contribution >= 4 is 35.6 Å². The number of aliphatic hydroxyl groups excluding tert-OH is 1. The summed E-state index contributed by atoms with van der Waals surface area (Å²) in [5.74, 6) is 0.226. The molecule has 0 bridgehead atoms. The molecule has 1 aliphatic heterocycles. The molecule has 236 valence electrons. The van der Waals surface area contributed by atoms with Crippen LogP contribution < -0.4 is 5.73 Å². The highest BCUT2D eigenvalue weighted by Gasteiger charge is 2.91. The molecular weight excluding hydrogens is 579 g/mol. The summed E-state index contributed by atoms with van der Waals surface area (Å²) in [5, 5.41) is 50.9. The summed E-state index contributed by atoms with van der Waals surface area (Å²) in [4.78, 5) is 4.14. The quantitative estimate of drug-likeness (QED) is 0.301. The second-order valence-corrected chi connectivity index (χ2v) is 33.6. The van der Waals surface area contributed by atoms with Gasteiger partial charge in [-0.2, -0.15) is 10.4 Å². The van der Waals surface area contributed by atoms with Crippen molar-refractivity contribution in [3.63, 3.8) is 0 Å². The van der Waals surface area contributed by atoms with Gasteiger partial charge in [-0.05, 0) is 27.2 Å². The number of ether oxygens (including phenoxy) is 1. The van der Waals surface area contributed by atoms with Crippen LogP contribution in [0.4, 0.5) is 5.82 Å². The molecule has 2 aromatic rings. The fourth-order valence-corrected chi connectivity index (χ4v) is 20.7. The van der Waals surface area contributed by atoms with E-state index in [4.69, 9.17) is 10.5 Å². The molecule has 3 rings (SSSR count). The zero-order valence-electron chi connectivity index (χ0n) is 28.6. The molecule has 2 aromatic heterocycles. The lowest BCUT2D eigenvalue weighted by atomic mass is 9.82. The van der Waals surface area contributed by atoms with Crippen molar-refractivity contribution < 1.29 is 20.1 Å². The molecule has 0 saturated carbocycles. The first-order valence-corrected chi connectivity index (χ1v) is 23.8. The molecular formula is C30H55N5O4Si3. The first-order valence-electron chi connectivity index (χ1n) is 14.8. The highest BCUT2D eigenvalue weighted by atomic mass is 28.3. The van der Waals surface area contributed by atoms with Gasteiger partial charge < -0.3 is 25.8 Å². The van der Waals surface area contributed by atoms with E-state index in [1.165, 1.54) is 10.8 Å². The Morgan fingerprint density at radius 1 is 0.881 bits per heavy atom. The number of nitriles is 1. The summed E-state index contributed by atoms with van der Waals surface area (Å²) >= 11 is 0. The number of aromatic nitrogens is 3. The largest absolute Gasteiger partial charge is 0.396 e. The van der Waals surface area contributed by atoms with Crippen LogP contribution in [0.1, 0.15) is 68.0 Å². The van der Waals surface area contributed by atoms with E-state index in [1.54, 1.807) is 12.1 Å². The Morgan fingerprint density at radius 2 is 1.36 bits per heavy atom. The molecule has 0 spiro atoms.